The number of likely N-dealkylation sites (tertiary alicyclic amines) is 2. The van der Waals surface area contributed by atoms with Crippen molar-refractivity contribution in [3.63, 3.8) is 0 Å². The van der Waals surface area contributed by atoms with Crippen molar-refractivity contribution in [1.29, 1.82) is 0 Å². The molecule has 4 aliphatic heterocycles. The lowest BCUT2D eigenvalue weighted by atomic mass is 9.60. The molecule has 2 unspecified atom stereocenters. The number of urea groups is 1. The molecule has 11 nitrogen and oxygen atoms in total. The molecule has 5 aliphatic rings. The van der Waals surface area contributed by atoms with Crippen LogP contribution in [0.2, 0.25) is 0 Å². The monoisotopic (exact) mass is 592 g/mol. The van der Waals surface area contributed by atoms with Crippen LogP contribution in [0.5, 0.6) is 0 Å². The van der Waals surface area contributed by atoms with Gasteiger partial charge in [-0.05, 0) is 89.9 Å². The number of nitrogens with one attached hydrogen (secondary N) is 1. The smallest absolute Gasteiger partial charge is 0.410 e. The summed E-state index contributed by atoms with van der Waals surface area (Å²) >= 11 is 0. The topological polar surface area (TPSA) is 109 Å². The zero-order valence-electron chi connectivity index (χ0n) is 25.8. The summed E-state index contributed by atoms with van der Waals surface area (Å²) in [5.74, 6) is 0.177. The van der Waals surface area contributed by atoms with Crippen LogP contribution in [0, 0.1) is 18.3 Å². The second-order valence-corrected chi connectivity index (χ2v) is 14.6. The summed E-state index contributed by atoms with van der Waals surface area (Å²) < 4.78 is 14.3. The second kappa shape index (κ2) is 10.5. The summed E-state index contributed by atoms with van der Waals surface area (Å²) in [5.41, 5.74) is 2.79. The van der Waals surface area contributed by atoms with Crippen molar-refractivity contribution >= 4 is 34.8 Å². The fourth-order valence-corrected chi connectivity index (χ4v) is 8.02. The SMILES string of the molecule is Cc1cn(C2CC3(CCN(CC4CC5CN(C(=O)OC(C)(C)C)C[C@@H]5O4)CC3)C2)c2ncc(N3CCC(=O)NC3=O)cc12. The fourth-order valence-electron chi connectivity index (χ4n) is 8.02. The minimum absolute atomic E-state index is 0.131. The number of aryl methyl sites for hydroxylation is 1. The third-order valence-corrected chi connectivity index (χ3v) is 10.3. The van der Waals surface area contributed by atoms with Gasteiger partial charge in [-0.1, -0.05) is 0 Å². The number of piperidine rings is 1. The van der Waals surface area contributed by atoms with Crippen molar-refractivity contribution < 1.29 is 23.9 Å². The van der Waals surface area contributed by atoms with E-state index in [0.29, 0.717) is 36.9 Å². The van der Waals surface area contributed by atoms with Gasteiger partial charge in [-0.2, -0.15) is 0 Å². The number of pyridine rings is 1. The fraction of sp³-hybridized carbons (Fsp3) is 0.688. The Bertz CT molecular complexity index is 1420. The maximum Gasteiger partial charge on any atom is 0.410 e. The van der Waals surface area contributed by atoms with E-state index in [4.69, 9.17) is 14.5 Å². The summed E-state index contributed by atoms with van der Waals surface area (Å²) in [7, 11) is 0. The zero-order valence-corrected chi connectivity index (χ0v) is 25.8. The average molecular weight is 593 g/mol. The van der Waals surface area contributed by atoms with E-state index in [9.17, 15) is 14.4 Å². The Morgan fingerprint density at radius 2 is 1.93 bits per heavy atom. The molecule has 1 aliphatic carbocycles. The van der Waals surface area contributed by atoms with Crippen molar-refractivity contribution in [2.24, 2.45) is 11.3 Å². The number of hydrogen-bond acceptors (Lipinski definition) is 7. The molecule has 5 fully saturated rings. The lowest BCUT2D eigenvalue weighted by Gasteiger charge is -2.53. The zero-order chi connectivity index (χ0) is 30.1. The number of carbonyl (C=O) groups is 3. The van der Waals surface area contributed by atoms with Crippen LogP contribution in [0.3, 0.4) is 0 Å². The molecule has 1 N–H and O–H groups in total. The van der Waals surface area contributed by atoms with Crippen molar-refractivity contribution in [3.05, 3.63) is 24.0 Å². The minimum atomic E-state index is -0.475. The molecule has 2 aromatic rings. The van der Waals surface area contributed by atoms with Gasteiger partial charge in [0.1, 0.15) is 11.2 Å². The highest BCUT2D eigenvalue weighted by Gasteiger charge is 2.48. The second-order valence-electron chi connectivity index (χ2n) is 14.6. The van der Waals surface area contributed by atoms with Gasteiger partial charge in [0.25, 0.3) is 0 Å². The molecular formula is C32H44N6O5. The van der Waals surface area contributed by atoms with Crippen LogP contribution in [0.4, 0.5) is 15.3 Å². The normalized spacial score (nSPS) is 28.0. The number of anilines is 1. The average Bonchev–Trinajstić information content (AvgIpc) is 3.58. The van der Waals surface area contributed by atoms with E-state index in [-0.39, 0.29) is 30.2 Å². The third kappa shape index (κ3) is 5.50. The van der Waals surface area contributed by atoms with Gasteiger partial charge < -0.3 is 23.8 Å². The highest BCUT2D eigenvalue weighted by atomic mass is 16.6. The Morgan fingerprint density at radius 3 is 2.63 bits per heavy atom. The number of fused-ring (bicyclic) bond motifs is 2. The number of aromatic nitrogens is 2. The molecule has 7 rings (SSSR count). The Balaban J connectivity index is 0.900. The van der Waals surface area contributed by atoms with Gasteiger partial charge >= 0.3 is 12.1 Å². The lowest BCUT2D eigenvalue weighted by Crippen LogP contribution is -2.49. The Morgan fingerprint density at radius 1 is 1.16 bits per heavy atom. The van der Waals surface area contributed by atoms with Gasteiger partial charge in [0.05, 0.1) is 30.6 Å². The number of imide groups is 1. The van der Waals surface area contributed by atoms with Gasteiger partial charge in [0.15, 0.2) is 0 Å². The molecular weight excluding hydrogens is 548 g/mol. The first-order chi connectivity index (χ1) is 20.5. The van der Waals surface area contributed by atoms with E-state index in [2.05, 4.69) is 27.9 Å². The van der Waals surface area contributed by atoms with E-state index in [1.54, 1.807) is 11.1 Å². The first-order valence-corrected chi connectivity index (χ1v) is 15.9. The summed E-state index contributed by atoms with van der Waals surface area (Å²) in [6, 6.07) is 2.10. The van der Waals surface area contributed by atoms with Crippen molar-refractivity contribution in [2.75, 3.05) is 44.2 Å². The van der Waals surface area contributed by atoms with Crippen molar-refractivity contribution in [1.82, 2.24) is 24.7 Å². The standard InChI is InChI=1S/C32H44N6O5/c1-20-16-38(28-25(20)12-22(15-33-28)37-8-5-27(39)34-29(37)40)23-13-32(14-23)6-9-35(10-7-32)18-24-11-21-17-36(19-26(21)42-24)30(41)43-31(2,3)4/h12,15-16,21,23-24,26H,5-11,13-14,17-19H2,1-4H3,(H,34,39,40)/t21?,24?,26-/m0/s1. The van der Waals surface area contributed by atoms with Gasteiger partial charge in [-0.3, -0.25) is 15.0 Å². The van der Waals surface area contributed by atoms with Crippen molar-refractivity contribution in [2.45, 2.75) is 90.1 Å². The van der Waals surface area contributed by atoms with Gasteiger partial charge in [0.2, 0.25) is 5.91 Å². The molecule has 0 radical (unpaired) electrons. The van der Waals surface area contributed by atoms with Crippen LogP contribution in [-0.2, 0) is 14.3 Å². The van der Waals surface area contributed by atoms with Crippen LogP contribution in [0.25, 0.3) is 11.0 Å². The van der Waals surface area contributed by atoms with E-state index in [0.717, 1.165) is 54.9 Å². The first kappa shape index (κ1) is 28.6. The quantitative estimate of drug-likeness (QED) is 0.566. The summed E-state index contributed by atoms with van der Waals surface area (Å²) in [6.07, 6.45) is 10.2. The maximum atomic E-state index is 12.5. The molecule has 1 spiro atoms. The molecule has 4 saturated heterocycles. The first-order valence-electron chi connectivity index (χ1n) is 15.9. The molecule has 11 heteroatoms. The molecule has 4 amide bonds. The number of nitrogens with zero attached hydrogens (tertiary/aromatic N) is 5. The van der Waals surface area contributed by atoms with Gasteiger partial charge in [0, 0.05) is 49.6 Å². The maximum absolute atomic E-state index is 12.5. The molecule has 43 heavy (non-hydrogen) atoms. The number of carbonyl (C=O) groups excluding carboxylic acids is 3. The van der Waals surface area contributed by atoms with E-state index in [1.165, 1.54) is 25.7 Å². The molecule has 0 bridgehead atoms. The minimum Gasteiger partial charge on any atom is -0.444 e. The predicted molar refractivity (Wildman–Crippen MR) is 161 cm³/mol. The number of hydrogen-bond donors (Lipinski definition) is 1. The third-order valence-electron chi connectivity index (χ3n) is 10.3. The van der Waals surface area contributed by atoms with Gasteiger partial charge in [-0.25, -0.2) is 14.6 Å². The summed E-state index contributed by atoms with van der Waals surface area (Å²) in [6.45, 7) is 12.8. The summed E-state index contributed by atoms with van der Waals surface area (Å²) in [5, 5.41) is 3.46. The number of amides is 4. The Labute approximate surface area is 252 Å². The van der Waals surface area contributed by atoms with Crippen LogP contribution < -0.4 is 10.2 Å². The Kier molecular flexibility index (Phi) is 6.96. The van der Waals surface area contributed by atoms with Crippen molar-refractivity contribution in [3.8, 4) is 0 Å². The molecule has 0 aromatic carbocycles. The lowest BCUT2D eigenvalue weighted by molar-refractivity contribution is -0.120. The predicted octanol–water partition coefficient (Wildman–Crippen LogP) is 4.23. The largest absolute Gasteiger partial charge is 0.444 e. The molecule has 2 aromatic heterocycles. The highest BCUT2D eigenvalue weighted by Crippen LogP contribution is 2.55. The highest BCUT2D eigenvalue weighted by molar-refractivity contribution is 6.06. The summed E-state index contributed by atoms with van der Waals surface area (Å²) in [4.78, 5) is 47.1. The van der Waals surface area contributed by atoms with Crippen LogP contribution >= 0.6 is 0 Å². The number of rotatable bonds is 4. The van der Waals surface area contributed by atoms with Crippen LogP contribution in [-0.4, -0.2) is 94.5 Å². The molecule has 6 heterocycles. The van der Waals surface area contributed by atoms with Gasteiger partial charge in [-0.15, -0.1) is 0 Å². The molecule has 1 saturated carbocycles. The molecule has 3 atom stereocenters. The van der Waals surface area contributed by atoms with E-state index in [1.807, 2.05) is 31.7 Å². The van der Waals surface area contributed by atoms with E-state index < -0.39 is 5.60 Å². The van der Waals surface area contributed by atoms with E-state index >= 15 is 0 Å². The Hall–Kier alpha value is -3.18. The van der Waals surface area contributed by atoms with Crippen LogP contribution in [0.1, 0.15) is 70.9 Å². The molecule has 232 valence electrons. The number of ether oxygens (including phenoxy) is 2. The van der Waals surface area contributed by atoms with Crippen LogP contribution in [0.15, 0.2) is 18.5 Å².